The van der Waals surface area contributed by atoms with E-state index in [0.717, 1.165) is 34.4 Å². The number of nitrogens with zero attached hydrogens (tertiary/aromatic N) is 4. The average Bonchev–Trinajstić information content (AvgIpc) is 3.21. The van der Waals surface area contributed by atoms with Crippen LogP contribution in [0.25, 0.3) is 33.5 Å². The molecule has 0 amide bonds. The molecule has 0 aromatic carbocycles. The van der Waals surface area contributed by atoms with Gasteiger partial charge in [-0.05, 0) is 35.7 Å². The normalized spacial score (nSPS) is 11.5. The summed E-state index contributed by atoms with van der Waals surface area (Å²) in [6, 6.07) is 7.04. The number of pyridine rings is 2. The first-order valence-electron chi connectivity index (χ1n) is 8.23. The van der Waals surface area contributed by atoms with E-state index in [1.54, 1.807) is 12.3 Å². The molecule has 0 atom stereocenters. The number of fused-ring (bicyclic) bond motifs is 1. The van der Waals surface area contributed by atoms with Gasteiger partial charge in [0.2, 0.25) is 0 Å². The Labute approximate surface area is 144 Å². The Hall–Kier alpha value is -3.02. The van der Waals surface area contributed by atoms with Gasteiger partial charge in [0.05, 0.1) is 11.9 Å². The quantitative estimate of drug-likeness (QED) is 0.605. The summed E-state index contributed by atoms with van der Waals surface area (Å²) in [5.74, 6) is 0.107. The highest BCUT2D eigenvalue weighted by atomic mass is 19.1. The van der Waals surface area contributed by atoms with Gasteiger partial charge in [-0.1, -0.05) is 13.8 Å². The molecule has 0 saturated heterocycles. The van der Waals surface area contributed by atoms with Crippen molar-refractivity contribution >= 4 is 11.0 Å². The van der Waals surface area contributed by atoms with E-state index in [2.05, 4.69) is 28.8 Å². The van der Waals surface area contributed by atoms with Crippen LogP contribution in [0.15, 0.2) is 49.1 Å². The molecule has 126 valence electrons. The third-order valence-corrected chi connectivity index (χ3v) is 4.03. The van der Waals surface area contributed by atoms with Gasteiger partial charge >= 0.3 is 0 Å². The van der Waals surface area contributed by atoms with E-state index >= 15 is 0 Å². The highest BCUT2D eigenvalue weighted by molar-refractivity contribution is 5.96. The molecular weight excluding hydrogens is 317 g/mol. The van der Waals surface area contributed by atoms with E-state index in [0.29, 0.717) is 11.6 Å². The molecule has 0 fully saturated rings. The van der Waals surface area contributed by atoms with Gasteiger partial charge < -0.3 is 4.98 Å². The highest BCUT2D eigenvalue weighted by Gasteiger charge is 2.17. The van der Waals surface area contributed by atoms with Crippen LogP contribution in [0.4, 0.5) is 4.39 Å². The first-order chi connectivity index (χ1) is 12.1. The standard InChI is InChI=1S/C19H18FN5/c1-12(2)10-25-11-16(14-5-7-21-19-15(14)6-8-22-19)18(24-25)17-4-3-13(20)9-23-17/h3-9,11-12H,10H2,1-2H3,(H,21,22). The topological polar surface area (TPSA) is 59.4 Å². The molecule has 0 aliphatic rings. The third kappa shape index (κ3) is 2.91. The molecule has 0 spiro atoms. The SMILES string of the molecule is CC(C)Cn1cc(-c2ccnc3[nH]ccc23)c(-c2ccc(F)cn2)n1. The van der Waals surface area contributed by atoms with Crippen molar-refractivity contribution in [2.45, 2.75) is 20.4 Å². The number of hydrogen-bond donors (Lipinski definition) is 1. The largest absolute Gasteiger partial charge is 0.346 e. The molecule has 0 saturated carbocycles. The van der Waals surface area contributed by atoms with Crippen LogP contribution in [0.5, 0.6) is 0 Å². The number of hydrogen-bond acceptors (Lipinski definition) is 3. The lowest BCUT2D eigenvalue weighted by Gasteiger charge is -2.03. The van der Waals surface area contributed by atoms with Gasteiger partial charge in [0.1, 0.15) is 17.2 Å². The number of H-pyrrole nitrogens is 1. The summed E-state index contributed by atoms with van der Waals surface area (Å²) in [7, 11) is 0. The summed E-state index contributed by atoms with van der Waals surface area (Å²) in [6.07, 6.45) is 6.90. The molecule has 0 bridgehead atoms. The van der Waals surface area contributed by atoms with Gasteiger partial charge in [-0.15, -0.1) is 0 Å². The monoisotopic (exact) mass is 335 g/mol. The zero-order chi connectivity index (χ0) is 17.4. The van der Waals surface area contributed by atoms with E-state index in [-0.39, 0.29) is 5.82 Å². The first kappa shape index (κ1) is 15.5. The predicted molar refractivity (Wildman–Crippen MR) is 95.3 cm³/mol. The summed E-state index contributed by atoms with van der Waals surface area (Å²) in [5, 5.41) is 5.74. The number of nitrogens with one attached hydrogen (secondary N) is 1. The Balaban J connectivity index is 1.92. The Morgan fingerprint density at radius 3 is 2.76 bits per heavy atom. The Bertz CT molecular complexity index is 1010. The minimum Gasteiger partial charge on any atom is -0.346 e. The molecule has 0 radical (unpaired) electrons. The van der Waals surface area contributed by atoms with Gasteiger partial charge in [0, 0.05) is 36.1 Å². The summed E-state index contributed by atoms with van der Waals surface area (Å²) < 4.78 is 15.2. The highest BCUT2D eigenvalue weighted by Crippen LogP contribution is 2.34. The zero-order valence-corrected chi connectivity index (χ0v) is 14.1. The smallest absolute Gasteiger partial charge is 0.141 e. The number of halogens is 1. The summed E-state index contributed by atoms with van der Waals surface area (Å²) >= 11 is 0. The van der Waals surface area contributed by atoms with Gasteiger partial charge in [-0.2, -0.15) is 5.10 Å². The van der Waals surface area contributed by atoms with Crippen molar-refractivity contribution in [3.8, 4) is 22.5 Å². The van der Waals surface area contributed by atoms with E-state index in [1.165, 1.54) is 12.3 Å². The van der Waals surface area contributed by atoms with Crippen LogP contribution in [-0.4, -0.2) is 24.7 Å². The van der Waals surface area contributed by atoms with Gasteiger partial charge in [-0.3, -0.25) is 9.67 Å². The van der Waals surface area contributed by atoms with E-state index < -0.39 is 0 Å². The molecule has 25 heavy (non-hydrogen) atoms. The van der Waals surface area contributed by atoms with Crippen molar-refractivity contribution in [3.05, 3.63) is 54.9 Å². The Kier molecular flexibility index (Phi) is 3.80. The minimum absolute atomic E-state index is 0.358. The van der Waals surface area contributed by atoms with Crippen LogP contribution in [0.2, 0.25) is 0 Å². The van der Waals surface area contributed by atoms with Crippen molar-refractivity contribution in [2.24, 2.45) is 5.92 Å². The number of aromatic nitrogens is 5. The van der Waals surface area contributed by atoms with Crippen molar-refractivity contribution in [1.29, 1.82) is 0 Å². The van der Waals surface area contributed by atoms with E-state index in [9.17, 15) is 4.39 Å². The molecule has 4 aromatic rings. The van der Waals surface area contributed by atoms with Crippen molar-refractivity contribution in [1.82, 2.24) is 24.7 Å². The third-order valence-electron chi connectivity index (χ3n) is 4.03. The summed E-state index contributed by atoms with van der Waals surface area (Å²) in [6.45, 7) is 5.09. The molecule has 5 nitrogen and oxygen atoms in total. The van der Waals surface area contributed by atoms with Crippen molar-refractivity contribution < 1.29 is 4.39 Å². The van der Waals surface area contributed by atoms with Crippen LogP contribution >= 0.6 is 0 Å². The lowest BCUT2D eigenvalue weighted by molar-refractivity contribution is 0.484. The van der Waals surface area contributed by atoms with Crippen molar-refractivity contribution in [3.63, 3.8) is 0 Å². The Morgan fingerprint density at radius 1 is 1.12 bits per heavy atom. The second-order valence-electron chi connectivity index (χ2n) is 6.47. The molecule has 1 N–H and O–H groups in total. The van der Waals surface area contributed by atoms with Gasteiger partial charge in [-0.25, -0.2) is 9.37 Å². The molecule has 0 aliphatic carbocycles. The fourth-order valence-electron chi connectivity index (χ4n) is 2.99. The first-order valence-corrected chi connectivity index (χ1v) is 8.23. The molecular formula is C19H18FN5. The molecule has 4 aromatic heterocycles. The van der Waals surface area contributed by atoms with E-state index in [1.807, 2.05) is 29.2 Å². The van der Waals surface area contributed by atoms with Crippen LogP contribution in [0.1, 0.15) is 13.8 Å². The zero-order valence-electron chi connectivity index (χ0n) is 14.1. The molecule has 6 heteroatoms. The number of aromatic amines is 1. The average molecular weight is 335 g/mol. The molecule has 4 heterocycles. The van der Waals surface area contributed by atoms with Crippen LogP contribution in [-0.2, 0) is 6.54 Å². The second kappa shape index (κ2) is 6.12. The van der Waals surface area contributed by atoms with Gasteiger partial charge in [0.15, 0.2) is 0 Å². The van der Waals surface area contributed by atoms with Crippen molar-refractivity contribution in [2.75, 3.05) is 0 Å². The maximum atomic E-state index is 13.3. The molecule has 4 rings (SSSR count). The lowest BCUT2D eigenvalue weighted by Crippen LogP contribution is -2.04. The lowest BCUT2D eigenvalue weighted by atomic mass is 10.0. The van der Waals surface area contributed by atoms with Crippen LogP contribution in [0.3, 0.4) is 0 Å². The molecule has 0 unspecified atom stereocenters. The van der Waals surface area contributed by atoms with Gasteiger partial charge in [0.25, 0.3) is 0 Å². The second-order valence-corrected chi connectivity index (χ2v) is 6.47. The maximum absolute atomic E-state index is 13.3. The van der Waals surface area contributed by atoms with Crippen LogP contribution < -0.4 is 0 Å². The summed E-state index contributed by atoms with van der Waals surface area (Å²) in [4.78, 5) is 11.7. The predicted octanol–water partition coefficient (Wildman–Crippen LogP) is 4.28. The fraction of sp³-hybridized carbons (Fsp3) is 0.211. The minimum atomic E-state index is -0.358. The summed E-state index contributed by atoms with van der Waals surface area (Å²) in [5.41, 5.74) is 4.22. The maximum Gasteiger partial charge on any atom is 0.141 e. The fourth-order valence-corrected chi connectivity index (χ4v) is 2.99. The van der Waals surface area contributed by atoms with Crippen LogP contribution in [0, 0.1) is 11.7 Å². The van der Waals surface area contributed by atoms with E-state index in [4.69, 9.17) is 5.10 Å². The molecule has 0 aliphatic heterocycles. The Morgan fingerprint density at radius 2 is 2.00 bits per heavy atom. The number of rotatable bonds is 4.